The second-order valence-corrected chi connectivity index (χ2v) is 4.29. The maximum Gasteiger partial charge on any atom is 0.0704 e. The van der Waals surface area contributed by atoms with Gasteiger partial charge in [0.1, 0.15) is 0 Å². The van der Waals surface area contributed by atoms with Gasteiger partial charge in [-0.25, -0.2) is 0 Å². The van der Waals surface area contributed by atoms with E-state index in [2.05, 4.69) is 15.9 Å². The summed E-state index contributed by atoms with van der Waals surface area (Å²) in [6.07, 6.45) is 0. The molecule has 0 heterocycles. The van der Waals surface area contributed by atoms with Crippen LogP contribution < -0.4 is 0 Å². The molecular formula is C6H11BrCl2O2. The van der Waals surface area contributed by atoms with E-state index >= 15 is 0 Å². The van der Waals surface area contributed by atoms with Crippen LogP contribution in [0.5, 0.6) is 0 Å². The van der Waals surface area contributed by atoms with E-state index in [4.69, 9.17) is 33.0 Å². The molecule has 0 aliphatic rings. The zero-order valence-electron chi connectivity index (χ0n) is 5.97. The van der Waals surface area contributed by atoms with Crippen LogP contribution in [0.4, 0.5) is 0 Å². The Kier molecular flexibility index (Phi) is 8.30. The van der Waals surface area contributed by atoms with Gasteiger partial charge in [0.15, 0.2) is 0 Å². The van der Waals surface area contributed by atoms with Crippen LogP contribution in [0.1, 0.15) is 0 Å². The van der Waals surface area contributed by atoms with E-state index in [9.17, 15) is 0 Å². The van der Waals surface area contributed by atoms with E-state index in [1.54, 1.807) is 0 Å². The Morgan fingerprint density at radius 1 is 1.45 bits per heavy atom. The molecule has 0 rings (SSSR count). The van der Waals surface area contributed by atoms with Gasteiger partial charge in [-0.3, -0.25) is 0 Å². The number of aliphatic hydroxyl groups excluding tert-OH is 1. The molecule has 0 saturated carbocycles. The summed E-state index contributed by atoms with van der Waals surface area (Å²) in [5, 5.41) is 8.43. The van der Waals surface area contributed by atoms with Gasteiger partial charge < -0.3 is 9.84 Å². The highest BCUT2D eigenvalue weighted by atomic mass is 79.9. The molecule has 2 unspecified atom stereocenters. The zero-order valence-corrected chi connectivity index (χ0v) is 9.07. The van der Waals surface area contributed by atoms with Crippen molar-refractivity contribution in [3.63, 3.8) is 0 Å². The summed E-state index contributed by atoms with van der Waals surface area (Å²) in [5.41, 5.74) is 0. The fourth-order valence-electron chi connectivity index (χ4n) is 0.421. The van der Waals surface area contributed by atoms with Gasteiger partial charge in [0.05, 0.1) is 30.0 Å². The van der Waals surface area contributed by atoms with Crippen LogP contribution in [0.15, 0.2) is 0 Å². The van der Waals surface area contributed by atoms with Crippen LogP contribution in [0.3, 0.4) is 0 Å². The smallest absolute Gasteiger partial charge is 0.0704 e. The topological polar surface area (TPSA) is 29.5 Å². The fraction of sp³-hybridized carbons (Fsp3) is 1.00. The molecule has 0 aromatic rings. The molecule has 0 aliphatic heterocycles. The molecule has 1 N–H and O–H groups in total. The standard InChI is InChI=1S/C6H11BrCl2O2/c7-5(2-10)3-11-4-6(9)1-8/h5-6,10H,1-4H2. The largest absolute Gasteiger partial charge is 0.395 e. The van der Waals surface area contributed by atoms with Gasteiger partial charge in [-0.05, 0) is 0 Å². The summed E-state index contributed by atoms with van der Waals surface area (Å²) >= 11 is 14.3. The SMILES string of the molecule is OCC(Br)COCC(Cl)CCl. The first-order valence-electron chi connectivity index (χ1n) is 3.23. The predicted octanol–water partition coefficient (Wildman–Crippen LogP) is 1.60. The molecule has 0 aliphatic carbocycles. The van der Waals surface area contributed by atoms with E-state index in [1.165, 1.54) is 0 Å². The molecule has 0 spiro atoms. The molecule has 0 aromatic carbocycles. The Bertz CT molecular complexity index is 84.7. The second-order valence-electron chi connectivity index (χ2n) is 2.07. The highest BCUT2D eigenvalue weighted by Gasteiger charge is 2.05. The van der Waals surface area contributed by atoms with Crippen molar-refractivity contribution in [2.45, 2.75) is 10.2 Å². The maximum atomic E-state index is 8.57. The minimum Gasteiger partial charge on any atom is -0.395 e. The van der Waals surface area contributed by atoms with E-state index in [0.717, 1.165) is 0 Å². The van der Waals surface area contributed by atoms with Crippen LogP contribution in [-0.2, 0) is 4.74 Å². The quantitative estimate of drug-likeness (QED) is 0.740. The lowest BCUT2D eigenvalue weighted by Crippen LogP contribution is -2.18. The summed E-state index contributed by atoms with van der Waals surface area (Å²) in [5.74, 6) is 0.383. The minimum absolute atomic E-state index is 0.0123. The van der Waals surface area contributed by atoms with E-state index < -0.39 is 0 Å². The van der Waals surface area contributed by atoms with Crippen molar-refractivity contribution in [1.29, 1.82) is 0 Å². The van der Waals surface area contributed by atoms with Gasteiger partial charge in [-0.15, -0.1) is 23.2 Å². The number of halogens is 3. The molecule has 2 atom stereocenters. The third-order valence-corrected chi connectivity index (χ3v) is 2.33. The minimum atomic E-state index is -0.143. The van der Waals surface area contributed by atoms with Gasteiger partial charge in [0, 0.05) is 5.88 Å². The summed E-state index contributed by atoms with van der Waals surface area (Å²) in [6.45, 7) is 0.942. The van der Waals surface area contributed by atoms with Crippen molar-refractivity contribution in [2.24, 2.45) is 0 Å². The molecule has 68 valence electrons. The van der Waals surface area contributed by atoms with Crippen molar-refractivity contribution in [2.75, 3.05) is 25.7 Å². The molecule has 0 amide bonds. The van der Waals surface area contributed by atoms with Crippen molar-refractivity contribution < 1.29 is 9.84 Å². The molecule has 2 nitrogen and oxygen atoms in total. The fourth-order valence-corrected chi connectivity index (χ4v) is 0.786. The lowest BCUT2D eigenvalue weighted by Gasteiger charge is -2.09. The Morgan fingerprint density at radius 3 is 2.55 bits per heavy atom. The number of aliphatic hydroxyl groups is 1. The Balaban J connectivity index is 3.13. The number of hydrogen-bond donors (Lipinski definition) is 1. The average molecular weight is 266 g/mol. The van der Waals surface area contributed by atoms with Crippen LogP contribution in [0, 0.1) is 0 Å². The van der Waals surface area contributed by atoms with Gasteiger partial charge >= 0.3 is 0 Å². The highest BCUT2D eigenvalue weighted by molar-refractivity contribution is 9.09. The lowest BCUT2D eigenvalue weighted by atomic mass is 10.5. The molecule has 11 heavy (non-hydrogen) atoms. The zero-order chi connectivity index (χ0) is 8.69. The van der Waals surface area contributed by atoms with Gasteiger partial charge in [-0.1, -0.05) is 15.9 Å². The number of hydrogen-bond acceptors (Lipinski definition) is 2. The number of alkyl halides is 3. The van der Waals surface area contributed by atoms with Crippen LogP contribution in [0.2, 0.25) is 0 Å². The predicted molar refractivity (Wildman–Crippen MR) is 51.0 cm³/mol. The van der Waals surface area contributed by atoms with Crippen LogP contribution in [0.25, 0.3) is 0 Å². The van der Waals surface area contributed by atoms with Gasteiger partial charge in [0.2, 0.25) is 0 Å². The molecule has 0 aromatic heterocycles. The monoisotopic (exact) mass is 264 g/mol. The normalized spacial score (nSPS) is 16.4. The van der Waals surface area contributed by atoms with Crippen molar-refractivity contribution in [3.05, 3.63) is 0 Å². The third-order valence-electron chi connectivity index (χ3n) is 0.963. The summed E-state index contributed by atoms with van der Waals surface area (Å²) in [4.78, 5) is -0.0123. The molecular weight excluding hydrogens is 255 g/mol. The third kappa shape index (κ3) is 7.34. The molecule has 0 radical (unpaired) electrons. The van der Waals surface area contributed by atoms with Gasteiger partial charge in [0.25, 0.3) is 0 Å². The van der Waals surface area contributed by atoms with E-state index in [0.29, 0.717) is 19.1 Å². The Morgan fingerprint density at radius 2 is 2.09 bits per heavy atom. The van der Waals surface area contributed by atoms with Gasteiger partial charge in [-0.2, -0.15) is 0 Å². The molecule has 0 bridgehead atoms. The first-order valence-corrected chi connectivity index (χ1v) is 5.12. The van der Waals surface area contributed by atoms with Crippen LogP contribution >= 0.6 is 39.1 Å². The van der Waals surface area contributed by atoms with Crippen molar-refractivity contribution in [3.8, 4) is 0 Å². The summed E-state index contributed by atoms with van der Waals surface area (Å²) in [6, 6.07) is 0. The molecule has 0 saturated heterocycles. The van der Waals surface area contributed by atoms with Crippen LogP contribution in [-0.4, -0.2) is 41.0 Å². The Hall–Kier alpha value is 0.980. The maximum absolute atomic E-state index is 8.57. The summed E-state index contributed by atoms with van der Waals surface area (Å²) in [7, 11) is 0. The Labute approximate surface area is 84.9 Å². The first kappa shape index (κ1) is 12.0. The lowest BCUT2D eigenvalue weighted by molar-refractivity contribution is 0.124. The second kappa shape index (κ2) is 7.62. The first-order chi connectivity index (χ1) is 5.20. The number of ether oxygens (including phenoxy) is 1. The molecule has 0 fully saturated rings. The number of rotatable bonds is 6. The van der Waals surface area contributed by atoms with Crippen molar-refractivity contribution in [1.82, 2.24) is 0 Å². The summed E-state index contributed by atoms with van der Waals surface area (Å²) < 4.78 is 5.12. The van der Waals surface area contributed by atoms with Crippen molar-refractivity contribution >= 4 is 39.1 Å². The van der Waals surface area contributed by atoms with E-state index in [-0.39, 0.29) is 16.8 Å². The highest BCUT2D eigenvalue weighted by Crippen LogP contribution is 2.02. The average Bonchev–Trinajstić information content (AvgIpc) is 2.04. The molecule has 5 heteroatoms. The van der Waals surface area contributed by atoms with E-state index in [1.807, 2.05) is 0 Å².